The molecule has 2 unspecified atom stereocenters. The Balaban J connectivity index is 1.83. The molecule has 2 aromatic rings. The minimum atomic E-state index is 0.200. The van der Waals surface area contributed by atoms with Gasteiger partial charge in [0.15, 0.2) is 0 Å². The first kappa shape index (κ1) is 10.9. The molecule has 3 rings (SSSR count). The fraction of sp³-hybridized carbons (Fsp3) is 0.357. The SMILES string of the molecule is CC1C(=O)CCC1Sc1cc2ccccc2[nH]1. The molecule has 1 fully saturated rings. The maximum atomic E-state index is 11.5. The molecule has 1 heterocycles. The van der Waals surface area contributed by atoms with Crippen LogP contribution in [0.25, 0.3) is 10.9 Å². The molecule has 1 N–H and O–H groups in total. The zero-order valence-corrected chi connectivity index (χ0v) is 10.6. The Morgan fingerprint density at radius 2 is 2.18 bits per heavy atom. The Bertz CT molecular complexity index is 527. The van der Waals surface area contributed by atoms with Gasteiger partial charge >= 0.3 is 0 Å². The van der Waals surface area contributed by atoms with Crippen LogP contribution < -0.4 is 0 Å². The Hall–Kier alpha value is -1.22. The second-order valence-corrected chi connectivity index (χ2v) is 5.95. The van der Waals surface area contributed by atoms with Crippen LogP contribution in [0, 0.1) is 5.92 Å². The average molecular weight is 245 g/mol. The van der Waals surface area contributed by atoms with Crippen LogP contribution in [0.1, 0.15) is 19.8 Å². The number of ketones is 1. The lowest BCUT2D eigenvalue weighted by atomic mass is 10.1. The van der Waals surface area contributed by atoms with E-state index in [1.165, 1.54) is 15.9 Å². The van der Waals surface area contributed by atoms with Crippen molar-refractivity contribution < 1.29 is 4.79 Å². The van der Waals surface area contributed by atoms with E-state index in [-0.39, 0.29) is 5.92 Å². The van der Waals surface area contributed by atoms with E-state index in [0.717, 1.165) is 12.8 Å². The number of carbonyl (C=O) groups excluding carboxylic acids is 1. The number of fused-ring (bicyclic) bond motifs is 1. The number of para-hydroxylation sites is 1. The first-order valence-electron chi connectivity index (χ1n) is 6.01. The average Bonchev–Trinajstić information content (AvgIpc) is 2.87. The number of aromatic nitrogens is 1. The summed E-state index contributed by atoms with van der Waals surface area (Å²) in [7, 11) is 0. The van der Waals surface area contributed by atoms with Gasteiger partial charge in [-0.2, -0.15) is 0 Å². The molecular weight excluding hydrogens is 230 g/mol. The van der Waals surface area contributed by atoms with Gasteiger partial charge in [-0.1, -0.05) is 25.1 Å². The lowest BCUT2D eigenvalue weighted by molar-refractivity contribution is -0.120. The summed E-state index contributed by atoms with van der Waals surface area (Å²) in [6.45, 7) is 2.05. The van der Waals surface area contributed by atoms with Crippen molar-refractivity contribution in [2.24, 2.45) is 5.92 Å². The van der Waals surface area contributed by atoms with Crippen molar-refractivity contribution in [3.05, 3.63) is 30.3 Å². The van der Waals surface area contributed by atoms with E-state index in [1.54, 1.807) is 0 Å². The molecule has 0 amide bonds. The standard InChI is InChI=1S/C14H15NOS/c1-9-12(16)6-7-13(9)17-14-8-10-4-2-3-5-11(10)15-14/h2-5,8-9,13,15H,6-7H2,1H3. The highest BCUT2D eigenvalue weighted by Crippen LogP contribution is 2.37. The number of hydrogen-bond acceptors (Lipinski definition) is 2. The second kappa shape index (κ2) is 4.22. The highest BCUT2D eigenvalue weighted by molar-refractivity contribution is 7.99. The van der Waals surface area contributed by atoms with Gasteiger partial charge < -0.3 is 4.98 Å². The predicted octanol–water partition coefficient (Wildman–Crippen LogP) is 3.63. The first-order chi connectivity index (χ1) is 8.24. The lowest BCUT2D eigenvalue weighted by Crippen LogP contribution is -2.11. The first-order valence-corrected chi connectivity index (χ1v) is 6.89. The smallest absolute Gasteiger partial charge is 0.136 e. The summed E-state index contributed by atoms with van der Waals surface area (Å²) in [6, 6.07) is 10.5. The van der Waals surface area contributed by atoms with E-state index < -0.39 is 0 Å². The highest BCUT2D eigenvalue weighted by Gasteiger charge is 2.31. The molecule has 2 atom stereocenters. The Kier molecular flexibility index (Phi) is 2.71. The molecule has 1 aliphatic rings. The van der Waals surface area contributed by atoms with E-state index in [9.17, 15) is 4.79 Å². The third kappa shape index (κ3) is 2.00. The molecule has 0 radical (unpaired) electrons. The largest absolute Gasteiger partial charge is 0.350 e. The minimum absolute atomic E-state index is 0.200. The summed E-state index contributed by atoms with van der Waals surface area (Å²) in [6.07, 6.45) is 1.76. The zero-order chi connectivity index (χ0) is 11.8. The van der Waals surface area contributed by atoms with Crippen molar-refractivity contribution in [2.75, 3.05) is 0 Å². The summed E-state index contributed by atoms with van der Waals surface area (Å²) >= 11 is 1.81. The number of rotatable bonds is 2. The molecule has 1 aromatic heterocycles. The van der Waals surface area contributed by atoms with Crippen molar-refractivity contribution in [1.82, 2.24) is 4.98 Å². The number of H-pyrrole nitrogens is 1. The fourth-order valence-electron chi connectivity index (χ4n) is 2.40. The van der Waals surface area contributed by atoms with Crippen LogP contribution in [-0.4, -0.2) is 16.0 Å². The van der Waals surface area contributed by atoms with E-state index in [4.69, 9.17) is 0 Å². The molecular formula is C14H15NOS. The Morgan fingerprint density at radius 3 is 2.88 bits per heavy atom. The third-order valence-corrected chi connectivity index (χ3v) is 4.94. The van der Waals surface area contributed by atoms with E-state index >= 15 is 0 Å². The number of Topliss-reactive ketones (excluding diaryl/α,β-unsaturated/α-hetero) is 1. The van der Waals surface area contributed by atoms with Crippen LogP contribution in [0.4, 0.5) is 0 Å². The number of thioether (sulfide) groups is 1. The predicted molar refractivity (Wildman–Crippen MR) is 71.3 cm³/mol. The maximum absolute atomic E-state index is 11.5. The van der Waals surface area contributed by atoms with E-state index in [1.807, 2.05) is 23.9 Å². The highest BCUT2D eigenvalue weighted by atomic mass is 32.2. The molecule has 17 heavy (non-hydrogen) atoms. The summed E-state index contributed by atoms with van der Waals surface area (Å²) in [4.78, 5) is 14.9. The summed E-state index contributed by atoms with van der Waals surface area (Å²) in [5.74, 6) is 0.616. The molecule has 0 bridgehead atoms. The van der Waals surface area contributed by atoms with Crippen molar-refractivity contribution >= 4 is 28.4 Å². The molecule has 1 aliphatic carbocycles. The van der Waals surface area contributed by atoms with Gasteiger partial charge in [0, 0.05) is 28.5 Å². The van der Waals surface area contributed by atoms with Gasteiger partial charge in [-0.05, 0) is 18.6 Å². The van der Waals surface area contributed by atoms with Crippen molar-refractivity contribution in [1.29, 1.82) is 0 Å². The van der Waals surface area contributed by atoms with E-state index in [0.29, 0.717) is 11.0 Å². The van der Waals surface area contributed by atoms with Crippen molar-refractivity contribution in [2.45, 2.75) is 30.0 Å². The van der Waals surface area contributed by atoms with Crippen LogP contribution in [0.5, 0.6) is 0 Å². The molecule has 0 saturated heterocycles. The molecule has 88 valence electrons. The van der Waals surface area contributed by atoms with Crippen LogP contribution >= 0.6 is 11.8 Å². The molecule has 0 aliphatic heterocycles. The number of hydrogen-bond donors (Lipinski definition) is 1. The summed E-state index contributed by atoms with van der Waals surface area (Å²) < 4.78 is 0. The van der Waals surface area contributed by atoms with Crippen molar-refractivity contribution in [3.63, 3.8) is 0 Å². The van der Waals surface area contributed by atoms with Gasteiger partial charge in [0.05, 0.1) is 5.03 Å². The van der Waals surface area contributed by atoms with Crippen LogP contribution in [0.15, 0.2) is 35.4 Å². The summed E-state index contributed by atoms with van der Waals surface area (Å²) in [5.41, 5.74) is 1.17. The number of carbonyl (C=O) groups is 1. The van der Waals surface area contributed by atoms with Gasteiger partial charge in [-0.25, -0.2) is 0 Å². The number of aromatic amines is 1. The third-order valence-electron chi connectivity index (χ3n) is 3.52. The quantitative estimate of drug-likeness (QED) is 0.876. The van der Waals surface area contributed by atoms with Crippen LogP contribution in [-0.2, 0) is 4.79 Å². The van der Waals surface area contributed by atoms with Gasteiger partial charge in [0.2, 0.25) is 0 Å². The molecule has 2 nitrogen and oxygen atoms in total. The normalized spacial score (nSPS) is 24.6. The number of nitrogens with one attached hydrogen (secondary N) is 1. The van der Waals surface area contributed by atoms with Gasteiger partial charge in [-0.3, -0.25) is 4.79 Å². The van der Waals surface area contributed by atoms with Crippen molar-refractivity contribution in [3.8, 4) is 0 Å². The van der Waals surface area contributed by atoms with Gasteiger partial charge in [0.25, 0.3) is 0 Å². The van der Waals surface area contributed by atoms with Crippen LogP contribution in [0.2, 0.25) is 0 Å². The molecule has 1 saturated carbocycles. The Morgan fingerprint density at radius 1 is 1.35 bits per heavy atom. The minimum Gasteiger partial charge on any atom is -0.350 e. The number of benzene rings is 1. The fourth-order valence-corrected chi connectivity index (χ4v) is 3.69. The monoisotopic (exact) mass is 245 g/mol. The van der Waals surface area contributed by atoms with Crippen LogP contribution in [0.3, 0.4) is 0 Å². The lowest BCUT2D eigenvalue weighted by Gasteiger charge is -2.11. The van der Waals surface area contributed by atoms with Gasteiger partial charge in [-0.15, -0.1) is 11.8 Å². The Labute approximate surface area is 105 Å². The summed E-state index contributed by atoms with van der Waals surface area (Å²) in [5, 5.41) is 2.86. The van der Waals surface area contributed by atoms with E-state index in [2.05, 4.69) is 30.1 Å². The molecule has 3 heteroatoms. The van der Waals surface area contributed by atoms with Gasteiger partial charge in [0.1, 0.15) is 5.78 Å². The second-order valence-electron chi connectivity index (χ2n) is 4.67. The maximum Gasteiger partial charge on any atom is 0.136 e. The molecule has 0 spiro atoms. The molecule has 1 aromatic carbocycles. The zero-order valence-electron chi connectivity index (χ0n) is 9.77. The topological polar surface area (TPSA) is 32.9 Å².